The van der Waals surface area contributed by atoms with Gasteiger partial charge in [0.15, 0.2) is 0 Å². The first-order valence-electron chi connectivity index (χ1n) is 8.03. The van der Waals surface area contributed by atoms with E-state index < -0.39 is 0 Å². The number of para-hydroxylation sites is 1. The van der Waals surface area contributed by atoms with Crippen LogP contribution < -0.4 is 5.73 Å². The summed E-state index contributed by atoms with van der Waals surface area (Å²) in [5.41, 5.74) is 8.73. The molecule has 10 nitrogen and oxygen atoms in total. The molecule has 0 bridgehead atoms. The first kappa shape index (κ1) is 18.0. The minimum absolute atomic E-state index is 0.108. The summed E-state index contributed by atoms with van der Waals surface area (Å²) in [6.07, 6.45) is 3.77. The summed E-state index contributed by atoms with van der Waals surface area (Å²) in [5, 5.41) is 33.7. The highest BCUT2D eigenvalue weighted by Gasteiger charge is 2.17. The monoisotopic (exact) mass is 366 g/mol. The van der Waals surface area contributed by atoms with Gasteiger partial charge in [-0.3, -0.25) is 0 Å². The van der Waals surface area contributed by atoms with Crippen LogP contribution in [0.2, 0.25) is 0 Å². The van der Waals surface area contributed by atoms with Crippen molar-refractivity contribution in [2.24, 2.45) is 10.2 Å². The Hall–Kier alpha value is -3.82. The Balaban J connectivity index is 1.84. The minimum atomic E-state index is 0.108. The number of aromatic nitrogens is 5. The number of nitrogen functional groups attached to an aromatic ring is 1. The standard InChI is InChI=1S/C17H18N8O2/c1-4-6-12-7-5-8-13(15(12)26)9-19-20-10(2)14-11(3)25(24-21-14)17-16(18)22-27-23-17/h4-5,7-9,26H,1,6H2,2-3H3,(H2,18,22). The van der Waals surface area contributed by atoms with Crippen LogP contribution in [0.1, 0.15) is 29.4 Å². The fraction of sp³-hybridized carbons (Fsp3) is 0.176. The van der Waals surface area contributed by atoms with E-state index in [1.165, 1.54) is 10.9 Å². The Morgan fingerprint density at radius 1 is 1.41 bits per heavy atom. The van der Waals surface area contributed by atoms with Crippen molar-refractivity contribution in [1.82, 2.24) is 25.3 Å². The third-order valence-corrected chi connectivity index (χ3v) is 3.85. The van der Waals surface area contributed by atoms with E-state index in [4.69, 9.17) is 5.73 Å². The predicted molar refractivity (Wildman–Crippen MR) is 100 cm³/mol. The van der Waals surface area contributed by atoms with Gasteiger partial charge in [-0.25, -0.2) is 4.63 Å². The number of aromatic hydroxyl groups is 1. The number of allylic oxidation sites excluding steroid dienone is 1. The fourth-order valence-corrected chi connectivity index (χ4v) is 2.46. The Kier molecular flexibility index (Phi) is 5.06. The molecule has 2 aromatic heterocycles. The Morgan fingerprint density at radius 3 is 2.93 bits per heavy atom. The third-order valence-electron chi connectivity index (χ3n) is 3.85. The minimum Gasteiger partial charge on any atom is -0.507 e. The van der Waals surface area contributed by atoms with Crippen LogP contribution in [0.4, 0.5) is 5.82 Å². The Labute approximate surface area is 154 Å². The average Bonchev–Trinajstić information content (AvgIpc) is 3.23. The summed E-state index contributed by atoms with van der Waals surface area (Å²) in [4.78, 5) is 0. The molecule has 0 atom stereocenters. The molecule has 0 aliphatic carbocycles. The maximum absolute atomic E-state index is 10.2. The van der Waals surface area contributed by atoms with Gasteiger partial charge in [0.05, 0.1) is 17.6 Å². The van der Waals surface area contributed by atoms with Crippen molar-refractivity contribution in [1.29, 1.82) is 0 Å². The van der Waals surface area contributed by atoms with E-state index in [0.717, 1.165) is 5.56 Å². The topological polar surface area (TPSA) is 141 Å². The van der Waals surface area contributed by atoms with E-state index in [1.807, 2.05) is 12.1 Å². The van der Waals surface area contributed by atoms with Crippen LogP contribution in [0, 0.1) is 6.92 Å². The molecule has 0 unspecified atom stereocenters. The van der Waals surface area contributed by atoms with Gasteiger partial charge in [-0.05, 0) is 42.2 Å². The molecule has 0 saturated carbocycles. The van der Waals surface area contributed by atoms with Crippen molar-refractivity contribution in [2.75, 3.05) is 5.73 Å². The molecule has 0 aliphatic rings. The Morgan fingerprint density at radius 2 is 2.22 bits per heavy atom. The summed E-state index contributed by atoms with van der Waals surface area (Å²) >= 11 is 0. The molecule has 0 spiro atoms. The van der Waals surface area contributed by atoms with E-state index in [0.29, 0.717) is 29.1 Å². The fourth-order valence-electron chi connectivity index (χ4n) is 2.46. The zero-order chi connectivity index (χ0) is 19.4. The molecule has 0 radical (unpaired) electrons. The molecule has 2 heterocycles. The molecule has 0 aliphatic heterocycles. The van der Waals surface area contributed by atoms with Crippen molar-refractivity contribution in [2.45, 2.75) is 20.3 Å². The van der Waals surface area contributed by atoms with Gasteiger partial charge in [0.1, 0.15) is 11.4 Å². The normalized spacial score (nSPS) is 12.0. The summed E-state index contributed by atoms with van der Waals surface area (Å²) in [6, 6.07) is 5.41. The van der Waals surface area contributed by atoms with Crippen LogP contribution >= 0.6 is 0 Å². The zero-order valence-electron chi connectivity index (χ0n) is 14.9. The molecule has 3 N–H and O–H groups in total. The lowest BCUT2D eigenvalue weighted by Crippen LogP contribution is -2.04. The van der Waals surface area contributed by atoms with Gasteiger partial charge < -0.3 is 10.8 Å². The molecule has 0 saturated heterocycles. The van der Waals surface area contributed by atoms with Gasteiger partial charge in [-0.1, -0.05) is 23.4 Å². The molecule has 1 aromatic carbocycles. The van der Waals surface area contributed by atoms with Crippen LogP contribution in [-0.2, 0) is 6.42 Å². The molecular formula is C17H18N8O2. The van der Waals surface area contributed by atoms with Crippen LogP contribution in [0.5, 0.6) is 5.75 Å². The van der Waals surface area contributed by atoms with Crippen molar-refractivity contribution >= 4 is 17.7 Å². The second kappa shape index (κ2) is 7.60. The highest BCUT2D eigenvalue weighted by Crippen LogP contribution is 2.21. The van der Waals surface area contributed by atoms with Gasteiger partial charge >= 0.3 is 0 Å². The summed E-state index contributed by atoms with van der Waals surface area (Å²) < 4.78 is 5.99. The molecule has 0 amide bonds. The number of phenolic OH excluding ortho intramolecular Hbond substituents is 1. The Bertz CT molecular complexity index is 1030. The second-order valence-corrected chi connectivity index (χ2v) is 5.69. The molecule has 0 fully saturated rings. The van der Waals surface area contributed by atoms with Crippen LogP contribution in [0.15, 0.2) is 45.7 Å². The predicted octanol–water partition coefficient (Wildman–Crippen LogP) is 1.82. The number of benzene rings is 1. The maximum Gasteiger partial charge on any atom is 0.243 e. The van der Waals surface area contributed by atoms with Gasteiger partial charge in [-0.2, -0.15) is 14.9 Å². The number of hydrogen-bond donors (Lipinski definition) is 2. The lowest BCUT2D eigenvalue weighted by Gasteiger charge is -2.03. The number of anilines is 1. The van der Waals surface area contributed by atoms with Crippen molar-refractivity contribution < 1.29 is 9.74 Å². The summed E-state index contributed by atoms with van der Waals surface area (Å²) in [5.74, 6) is 0.522. The molecular weight excluding hydrogens is 348 g/mol. The van der Waals surface area contributed by atoms with Crippen LogP contribution in [0.25, 0.3) is 5.82 Å². The van der Waals surface area contributed by atoms with E-state index in [2.05, 4.69) is 42.0 Å². The van der Waals surface area contributed by atoms with Gasteiger partial charge in [0.25, 0.3) is 0 Å². The maximum atomic E-state index is 10.2. The molecule has 138 valence electrons. The summed E-state index contributed by atoms with van der Waals surface area (Å²) in [6.45, 7) is 7.21. The number of nitrogens with zero attached hydrogens (tertiary/aromatic N) is 7. The number of phenols is 1. The highest BCUT2D eigenvalue weighted by molar-refractivity contribution is 5.98. The third kappa shape index (κ3) is 3.59. The van der Waals surface area contributed by atoms with Gasteiger partial charge in [0, 0.05) is 5.56 Å². The first-order valence-corrected chi connectivity index (χ1v) is 8.03. The van der Waals surface area contributed by atoms with Crippen molar-refractivity contribution in [3.8, 4) is 11.6 Å². The number of hydrogen-bond acceptors (Lipinski definition) is 9. The SMILES string of the molecule is C=CCc1cccc(C=NN=C(C)c2nnn(-c3nonc3N)c2C)c1O. The average molecular weight is 366 g/mol. The molecule has 27 heavy (non-hydrogen) atoms. The van der Waals surface area contributed by atoms with E-state index in [-0.39, 0.29) is 17.4 Å². The lowest BCUT2D eigenvalue weighted by molar-refractivity contribution is 0.306. The smallest absolute Gasteiger partial charge is 0.243 e. The first-order chi connectivity index (χ1) is 13.0. The summed E-state index contributed by atoms with van der Waals surface area (Å²) in [7, 11) is 0. The van der Waals surface area contributed by atoms with Gasteiger partial charge in [0.2, 0.25) is 11.6 Å². The van der Waals surface area contributed by atoms with E-state index >= 15 is 0 Å². The highest BCUT2D eigenvalue weighted by atomic mass is 16.6. The van der Waals surface area contributed by atoms with Crippen molar-refractivity contribution in [3.63, 3.8) is 0 Å². The number of nitrogens with two attached hydrogens (primary N) is 1. The number of rotatable bonds is 6. The zero-order valence-corrected chi connectivity index (χ0v) is 14.9. The van der Waals surface area contributed by atoms with Crippen LogP contribution in [-0.4, -0.2) is 42.3 Å². The van der Waals surface area contributed by atoms with Crippen molar-refractivity contribution in [3.05, 3.63) is 53.4 Å². The van der Waals surface area contributed by atoms with E-state index in [1.54, 1.807) is 26.0 Å². The molecule has 10 heteroatoms. The largest absolute Gasteiger partial charge is 0.507 e. The quantitative estimate of drug-likeness (QED) is 0.385. The van der Waals surface area contributed by atoms with E-state index in [9.17, 15) is 5.11 Å². The second-order valence-electron chi connectivity index (χ2n) is 5.69. The lowest BCUT2D eigenvalue weighted by atomic mass is 10.1. The molecule has 3 rings (SSSR count). The van der Waals surface area contributed by atoms with Crippen LogP contribution in [0.3, 0.4) is 0 Å². The van der Waals surface area contributed by atoms with Gasteiger partial charge in [-0.15, -0.1) is 11.7 Å². The molecule has 3 aromatic rings.